The van der Waals surface area contributed by atoms with Gasteiger partial charge in [0.2, 0.25) is 5.95 Å². The minimum Gasteiger partial charge on any atom is -0.453 e. The molecule has 0 bridgehead atoms. The Morgan fingerprint density at radius 1 is 1.41 bits per heavy atom. The molecule has 0 fully saturated rings. The van der Waals surface area contributed by atoms with Crippen LogP contribution in [-0.2, 0) is 4.74 Å². The van der Waals surface area contributed by atoms with Crippen molar-refractivity contribution < 1.29 is 13.9 Å². The van der Waals surface area contributed by atoms with Gasteiger partial charge in [0.05, 0.1) is 12.4 Å². The van der Waals surface area contributed by atoms with Crippen LogP contribution in [-0.4, -0.2) is 21.6 Å². The lowest BCUT2D eigenvalue weighted by Gasteiger charge is -2.17. The van der Waals surface area contributed by atoms with Crippen LogP contribution in [0.2, 0.25) is 0 Å². The summed E-state index contributed by atoms with van der Waals surface area (Å²) in [5.41, 5.74) is 3.27. The number of nitrogens with zero attached hydrogens (tertiary/aromatic N) is 2. The molecule has 0 saturated heterocycles. The van der Waals surface area contributed by atoms with Crippen molar-refractivity contribution in [1.29, 1.82) is 0 Å². The third-order valence-corrected chi connectivity index (χ3v) is 3.29. The Labute approximate surface area is 128 Å². The molecule has 2 aromatic rings. The normalized spacial score (nSPS) is 13.0. The molecule has 0 saturated carbocycles. The summed E-state index contributed by atoms with van der Waals surface area (Å²) >= 11 is 0. The van der Waals surface area contributed by atoms with Crippen molar-refractivity contribution in [3.8, 4) is 0 Å². The molecule has 0 spiro atoms. The predicted octanol–water partition coefficient (Wildman–Crippen LogP) is 3.52. The molecule has 0 aliphatic rings. The quantitative estimate of drug-likeness (QED) is 0.627. The van der Waals surface area contributed by atoms with Crippen LogP contribution in [0.3, 0.4) is 0 Å². The van der Waals surface area contributed by atoms with E-state index in [4.69, 9.17) is 4.74 Å². The molecule has 0 radical (unpaired) electrons. The van der Waals surface area contributed by atoms with Crippen LogP contribution >= 0.6 is 0 Å². The highest BCUT2D eigenvalue weighted by Gasteiger charge is 2.24. The van der Waals surface area contributed by atoms with Crippen molar-refractivity contribution in [3.63, 3.8) is 0 Å². The highest BCUT2D eigenvalue weighted by Crippen LogP contribution is 2.21. The number of hydrogen-bond donors (Lipinski definition) is 0. The maximum atomic E-state index is 13.9. The van der Waals surface area contributed by atoms with E-state index in [2.05, 4.69) is 17.3 Å². The molecule has 22 heavy (non-hydrogen) atoms. The van der Waals surface area contributed by atoms with Crippen molar-refractivity contribution in [2.24, 2.45) is 0 Å². The van der Waals surface area contributed by atoms with Crippen LogP contribution in [0.1, 0.15) is 35.9 Å². The van der Waals surface area contributed by atoms with Crippen LogP contribution < -0.4 is 0 Å². The lowest BCUT2D eigenvalue weighted by atomic mass is 10.1. The van der Waals surface area contributed by atoms with E-state index in [0.717, 1.165) is 5.56 Å². The number of halogens is 1. The summed E-state index contributed by atoms with van der Waals surface area (Å²) in [6.07, 6.45) is 2.24. The molecule has 2 rings (SSSR count). The Balaban J connectivity index is 2.32. The molecule has 0 amide bonds. The summed E-state index contributed by atoms with van der Waals surface area (Å²) in [6.45, 7) is 6.92. The lowest BCUT2D eigenvalue weighted by molar-refractivity contribution is 0.0405. The molecule has 4 nitrogen and oxygen atoms in total. The Hall–Kier alpha value is -2.65. The highest BCUT2D eigenvalue weighted by molar-refractivity contribution is 5.88. The van der Waals surface area contributed by atoms with Gasteiger partial charge in [0.15, 0.2) is 5.69 Å². The number of esters is 1. The lowest BCUT2D eigenvalue weighted by Crippen LogP contribution is -2.20. The molecule has 0 aliphatic heterocycles. The summed E-state index contributed by atoms with van der Waals surface area (Å²) in [5, 5.41) is 0. The van der Waals surface area contributed by atoms with Crippen molar-refractivity contribution in [2.45, 2.75) is 26.0 Å². The number of benzene rings is 1. The SMILES string of the molecule is C=C=CC(C)OC(=O)c1c(F)ncn1[C@H](C)c1ccccc1. The average Bonchev–Trinajstić information content (AvgIpc) is 2.89. The first-order valence-electron chi connectivity index (χ1n) is 6.88. The van der Waals surface area contributed by atoms with Gasteiger partial charge < -0.3 is 9.30 Å². The van der Waals surface area contributed by atoms with Crippen molar-refractivity contribution in [3.05, 3.63) is 72.3 Å². The van der Waals surface area contributed by atoms with Crippen LogP contribution in [0, 0.1) is 5.95 Å². The molecule has 0 aliphatic carbocycles. The summed E-state index contributed by atoms with van der Waals surface area (Å²) in [5.74, 6) is -1.61. The molecule has 1 aromatic carbocycles. The topological polar surface area (TPSA) is 44.1 Å². The first-order chi connectivity index (χ1) is 10.5. The molecular weight excluding hydrogens is 283 g/mol. The number of hydrogen-bond acceptors (Lipinski definition) is 3. The monoisotopic (exact) mass is 300 g/mol. The number of carbonyl (C=O) groups excluding carboxylic acids is 1. The van der Waals surface area contributed by atoms with Gasteiger partial charge in [-0.2, -0.15) is 4.39 Å². The molecule has 5 heteroatoms. The molecular formula is C17H17FN2O2. The van der Waals surface area contributed by atoms with Gasteiger partial charge in [-0.15, -0.1) is 5.73 Å². The fraction of sp³-hybridized carbons (Fsp3) is 0.235. The minimum atomic E-state index is -0.845. The second kappa shape index (κ2) is 6.87. The zero-order valence-electron chi connectivity index (χ0n) is 12.5. The van der Waals surface area contributed by atoms with E-state index >= 15 is 0 Å². The Bertz CT molecular complexity index is 703. The van der Waals surface area contributed by atoms with E-state index in [1.807, 2.05) is 37.3 Å². The summed E-state index contributed by atoms with van der Waals surface area (Å²) in [7, 11) is 0. The van der Waals surface area contributed by atoms with E-state index in [9.17, 15) is 9.18 Å². The number of rotatable bonds is 5. The Morgan fingerprint density at radius 2 is 2.09 bits per heavy atom. The van der Waals surface area contributed by atoms with Crippen LogP contribution in [0.5, 0.6) is 0 Å². The number of imidazole rings is 1. The Morgan fingerprint density at radius 3 is 2.73 bits per heavy atom. The second-order valence-corrected chi connectivity index (χ2v) is 4.86. The summed E-state index contributed by atoms with van der Waals surface area (Å²) < 4.78 is 20.5. The third kappa shape index (κ3) is 3.32. The maximum Gasteiger partial charge on any atom is 0.360 e. The van der Waals surface area contributed by atoms with Crippen molar-refractivity contribution >= 4 is 5.97 Å². The molecule has 0 N–H and O–H groups in total. The van der Waals surface area contributed by atoms with E-state index in [0.29, 0.717) is 0 Å². The third-order valence-electron chi connectivity index (χ3n) is 3.29. The van der Waals surface area contributed by atoms with Crippen LogP contribution in [0.15, 0.2) is 55.0 Å². The van der Waals surface area contributed by atoms with Gasteiger partial charge in [0, 0.05) is 0 Å². The molecule has 1 unspecified atom stereocenters. The first kappa shape index (κ1) is 15.7. The van der Waals surface area contributed by atoms with Gasteiger partial charge in [0.25, 0.3) is 0 Å². The van der Waals surface area contributed by atoms with Crippen molar-refractivity contribution in [2.75, 3.05) is 0 Å². The zero-order valence-corrected chi connectivity index (χ0v) is 12.5. The maximum absolute atomic E-state index is 13.9. The molecule has 1 aromatic heterocycles. The average molecular weight is 300 g/mol. The fourth-order valence-electron chi connectivity index (χ4n) is 2.14. The van der Waals surface area contributed by atoms with Gasteiger partial charge in [0.1, 0.15) is 6.10 Å². The predicted molar refractivity (Wildman–Crippen MR) is 81.0 cm³/mol. The standard InChI is InChI=1S/C17H17FN2O2/c1-4-8-12(2)22-17(21)15-16(18)19-11-20(15)13(3)14-9-6-5-7-10-14/h5-13H,1H2,2-3H3/t12?,13-/m1/s1. The Kier molecular flexibility index (Phi) is 4.92. The molecule has 114 valence electrons. The van der Waals surface area contributed by atoms with E-state index in [-0.39, 0.29) is 11.7 Å². The van der Waals surface area contributed by atoms with Crippen LogP contribution in [0.4, 0.5) is 4.39 Å². The van der Waals surface area contributed by atoms with Gasteiger partial charge in [-0.25, -0.2) is 9.78 Å². The van der Waals surface area contributed by atoms with Gasteiger partial charge >= 0.3 is 5.97 Å². The fourth-order valence-corrected chi connectivity index (χ4v) is 2.14. The second-order valence-electron chi connectivity index (χ2n) is 4.86. The van der Waals surface area contributed by atoms with Gasteiger partial charge in [-0.05, 0) is 25.5 Å². The number of carbonyl (C=O) groups is 1. The van der Waals surface area contributed by atoms with Gasteiger partial charge in [-0.3, -0.25) is 0 Å². The van der Waals surface area contributed by atoms with E-state index in [1.54, 1.807) is 6.92 Å². The first-order valence-corrected chi connectivity index (χ1v) is 6.88. The minimum absolute atomic E-state index is 0.194. The summed E-state index contributed by atoms with van der Waals surface area (Å²) in [4.78, 5) is 15.8. The van der Waals surface area contributed by atoms with E-state index < -0.39 is 18.0 Å². The number of ether oxygens (including phenoxy) is 1. The van der Waals surface area contributed by atoms with E-state index in [1.165, 1.54) is 17.0 Å². The number of aromatic nitrogens is 2. The van der Waals surface area contributed by atoms with Gasteiger partial charge in [-0.1, -0.05) is 36.9 Å². The smallest absolute Gasteiger partial charge is 0.360 e. The highest BCUT2D eigenvalue weighted by atomic mass is 19.1. The summed E-state index contributed by atoms with van der Waals surface area (Å²) in [6, 6.07) is 9.22. The van der Waals surface area contributed by atoms with Crippen molar-refractivity contribution in [1.82, 2.24) is 9.55 Å². The van der Waals surface area contributed by atoms with Crippen LogP contribution in [0.25, 0.3) is 0 Å². The molecule has 2 atom stereocenters. The zero-order chi connectivity index (χ0) is 16.1. The molecule has 1 heterocycles. The largest absolute Gasteiger partial charge is 0.453 e.